The first-order valence-corrected chi connectivity index (χ1v) is 9.11. The van der Waals surface area contributed by atoms with Crippen LogP contribution in [0.4, 0.5) is 0 Å². The van der Waals surface area contributed by atoms with E-state index in [0.29, 0.717) is 32.0 Å². The number of aromatic nitrogens is 2. The number of rotatable bonds is 5. The van der Waals surface area contributed by atoms with Crippen molar-refractivity contribution in [3.63, 3.8) is 0 Å². The summed E-state index contributed by atoms with van der Waals surface area (Å²) in [7, 11) is 1.65. The Morgan fingerprint density at radius 1 is 1.36 bits per heavy atom. The maximum absolute atomic E-state index is 11.5. The van der Waals surface area contributed by atoms with Gasteiger partial charge in [-0.2, -0.15) is 0 Å². The zero-order valence-electron chi connectivity index (χ0n) is 15.1. The minimum absolute atomic E-state index is 0.0310. The lowest BCUT2D eigenvalue weighted by Gasteiger charge is -2.36. The van der Waals surface area contributed by atoms with E-state index in [0.717, 1.165) is 43.1 Å². The molecule has 2 atom stereocenters. The Morgan fingerprint density at radius 3 is 2.76 bits per heavy atom. The zero-order chi connectivity index (χ0) is 17.8. The number of amides is 1. The lowest BCUT2D eigenvalue weighted by molar-refractivity contribution is -0.120. The van der Waals surface area contributed by atoms with Gasteiger partial charge in [-0.05, 0) is 45.3 Å². The third-order valence-electron chi connectivity index (χ3n) is 5.24. The fourth-order valence-electron chi connectivity index (χ4n) is 3.77. The monoisotopic (exact) mass is 348 g/mol. The van der Waals surface area contributed by atoms with Crippen LogP contribution in [0, 0.1) is 6.92 Å². The Labute approximate surface area is 148 Å². The number of nitrogens with zero attached hydrogens (tertiary/aromatic N) is 3. The fraction of sp³-hybridized carbons (Fsp3) is 0.722. The number of aliphatic hydroxyl groups excluding tert-OH is 1. The predicted molar refractivity (Wildman–Crippen MR) is 93.3 cm³/mol. The number of hydrogen-bond acceptors (Lipinski definition) is 6. The van der Waals surface area contributed by atoms with Crippen LogP contribution in [0.5, 0.6) is 0 Å². The van der Waals surface area contributed by atoms with Crippen LogP contribution in [0.15, 0.2) is 6.07 Å². The molecule has 7 nitrogen and oxygen atoms in total. The molecule has 2 N–H and O–H groups in total. The highest BCUT2D eigenvalue weighted by molar-refractivity contribution is 5.75. The molecule has 0 bridgehead atoms. The van der Waals surface area contributed by atoms with Crippen molar-refractivity contribution in [3.05, 3.63) is 23.3 Å². The van der Waals surface area contributed by atoms with Crippen molar-refractivity contribution in [2.45, 2.75) is 50.7 Å². The van der Waals surface area contributed by atoms with E-state index in [9.17, 15) is 9.90 Å². The lowest BCUT2D eigenvalue weighted by atomic mass is 9.91. The van der Waals surface area contributed by atoms with Crippen molar-refractivity contribution in [2.75, 3.05) is 33.4 Å². The molecule has 7 heteroatoms. The van der Waals surface area contributed by atoms with Crippen molar-refractivity contribution in [1.82, 2.24) is 20.2 Å². The molecule has 0 aromatic carbocycles. The third-order valence-corrected chi connectivity index (χ3v) is 5.24. The average Bonchev–Trinajstić information content (AvgIpc) is 3.05. The van der Waals surface area contributed by atoms with Gasteiger partial charge in [0.1, 0.15) is 5.82 Å². The smallest absolute Gasteiger partial charge is 0.220 e. The molecule has 25 heavy (non-hydrogen) atoms. The summed E-state index contributed by atoms with van der Waals surface area (Å²) < 4.78 is 5.38. The minimum Gasteiger partial charge on any atom is -0.389 e. The van der Waals surface area contributed by atoms with Gasteiger partial charge in [0.15, 0.2) is 0 Å². The standard InChI is InChI=1S/C18H28N4O3/c1-12-20-14(3-4-18(24)19-2)9-15(21-12)13-5-7-22(8-6-13)16-10-25-11-17(16)23/h9,13,16-17,23H,3-8,10-11H2,1-2H3,(H,19,24)/t16-,17-/m1/s1. The maximum Gasteiger partial charge on any atom is 0.220 e. The van der Waals surface area contributed by atoms with Crippen molar-refractivity contribution in [3.8, 4) is 0 Å². The van der Waals surface area contributed by atoms with Crippen LogP contribution in [0.3, 0.4) is 0 Å². The number of aliphatic hydroxyl groups is 1. The molecular weight excluding hydrogens is 320 g/mol. The van der Waals surface area contributed by atoms with Crippen LogP contribution in [-0.2, 0) is 16.0 Å². The van der Waals surface area contributed by atoms with Crippen molar-refractivity contribution in [2.24, 2.45) is 0 Å². The van der Waals surface area contributed by atoms with Gasteiger partial charge in [-0.25, -0.2) is 9.97 Å². The molecule has 0 spiro atoms. The summed E-state index contributed by atoms with van der Waals surface area (Å²) in [5.41, 5.74) is 2.02. The molecule has 2 aliphatic heterocycles. The molecule has 1 aromatic rings. The van der Waals surface area contributed by atoms with Gasteiger partial charge in [-0.15, -0.1) is 0 Å². The molecule has 138 valence electrons. The molecule has 0 aliphatic carbocycles. The fourth-order valence-corrected chi connectivity index (χ4v) is 3.77. The van der Waals surface area contributed by atoms with Gasteiger partial charge in [0, 0.05) is 30.8 Å². The van der Waals surface area contributed by atoms with Crippen LogP contribution in [-0.4, -0.2) is 71.4 Å². The lowest BCUT2D eigenvalue weighted by Crippen LogP contribution is -2.46. The topological polar surface area (TPSA) is 87.6 Å². The van der Waals surface area contributed by atoms with Gasteiger partial charge in [-0.1, -0.05) is 0 Å². The van der Waals surface area contributed by atoms with E-state index in [4.69, 9.17) is 4.74 Å². The second-order valence-corrected chi connectivity index (χ2v) is 6.99. The summed E-state index contributed by atoms with van der Waals surface area (Å²) in [6.07, 6.45) is 2.77. The van der Waals surface area contributed by atoms with Crippen LogP contribution in [0.25, 0.3) is 0 Å². The zero-order valence-corrected chi connectivity index (χ0v) is 15.1. The Hall–Kier alpha value is -1.57. The van der Waals surface area contributed by atoms with Crippen molar-refractivity contribution < 1.29 is 14.6 Å². The largest absolute Gasteiger partial charge is 0.389 e. The van der Waals surface area contributed by atoms with Gasteiger partial charge in [0.05, 0.1) is 25.4 Å². The molecular formula is C18H28N4O3. The molecule has 0 saturated carbocycles. The van der Waals surface area contributed by atoms with Crippen molar-refractivity contribution >= 4 is 5.91 Å². The molecule has 1 aromatic heterocycles. The highest BCUT2D eigenvalue weighted by Gasteiger charge is 2.34. The maximum atomic E-state index is 11.5. The van der Waals surface area contributed by atoms with Crippen LogP contribution in [0.2, 0.25) is 0 Å². The second-order valence-electron chi connectivity index (χ2n) is 6.99. The first kappa shape index (κ1) is 18.2. The number of carbonyl (C=O) groups is 1. The molecule has 3 rings (SSSR count). The SMILES string of the molecule is CNC(=O)CCc1cc(C2CCN([C@@H]3COC[C@H]3O)CC2)nc(C)n1. The van der Waals surface area contributed by atoms with E-state index in [2.05, 4.69) is 26.3 Å². The molecule has 0 radical (unpaired) electrons. The van der Waals surface area contributed by atoms with Gasteiger partial charge in [0.2, 0.25) is 5.91 Å². The van der Waals surface area contributed by atoms with Crippen LogP contribution >= 0.6 is 0 Å². The van der Waals surface area contributed by atoms with E-state index in [1.807, 2.05) is 6.92 Å². The van der Waals surface area contributed by atoms with Crippen LogP contribution < -0.4 is 5.32 Å². The third kappa shape index (κ3) is 4.54. The number of aryl methyl sites for hydroxylation is 2. The Bertz CT molecular complexity index is 602. The predicted octanol–water partition coefficient (Wildman–Crippen LogP) is 0.403. The first-order chi connectivity index (χ1) is 12.1. The summed E-state index contributed by atoms with van der Waals surface area (Å²) >= 11 is 0. The number of hydrogen-bond donors (Lipinski definition) is 2. The number of carbonyl (C=O) groups excluding carboxylic acids is 1. The van der Waals surface area contributed by atoms with Crippen LogP contribution in [0.1, 0.15) is 42.4 Å². The summed E-state index contributed by atoms with van der Waals surface area (Å²) in [6.45, 7) is 4.89. The molecule has 2 saturated heterocycles. The Morgan fingerprint density at radius 2 is 2.12 bits per heavy atom. The summed E-state index contributed by atoms with van der Waals surface area (Å²) in [5.74, 6) is 1.21. The van der Waals surface area contributed by atoms with E-state index < -0.39 is 0 Å². The molecule has 2 fully saturated rings. The highest BCUT2D eigenvalue weighted by Crippen LogP contribution is 2.29. The Kier molecular flexibility index (Phi) is 5.98. The minimum atomic E-state index is -0.367. The van der Waals surface area contributed by atoms with Gasteiger partial charge in [-0.3, -0.25) is 9.69 Å². The Balaban J connectivity index is 1.60. The molecule has 1 amide bonds. The van der Waals surface area contributed by atoms with E-state index in [-0.39, 0.29) is 18.1 Å². The van der Waals surface area contributed by atoms with E-state index in [1.54, 1.807) is 7.05 Å². The molecule has 0 unspecified atom stereocenters. The highest BCUT2D eigenvalue weighted by atomic mass is 16.5. The number of ether oxygens (including phenoxy) is 1. The quantitative estimate of drug-likeness (QED) is 0.801. The van der Waals surface area contributed by atoms with Gasteiger partial charge >= 0.3 is 0 Å². The molecule has 3 heterocycles. The molecule has 2 aliphatic rings. The summed E-state index contributed by atoms with van der Waals surface area (Å²) in [5, 5.41) is 12.6. The number of piperidine rings is 1. The first-order valence-electron chi connectivity index (χ1n) is 9.11. The average molecular weight is 348 g/mol. The van der Waals surface area contributed by atoms with Crippen molar-refractivity contribution in [1.29, 1.82) is 0 Å². The van der Waals surface area contributed by atoms with Gasteiger partial charge in [0.25, 0.3) is 0 Å². The van der Waals surface area contributed by atoms with E-state index in [1.165, 1.54) is 0 Å². The summed E-state index contributed by atoms with van der Waals surface area (Å²) in [6, 6.07) is 2.19. The van der Waals surface area contributed by atoms with E-state index >= 15 is 0 Å². The van der Waals surface area contributed by atoms with Gasteiger partial charge < -0.3 is 15.2 Å². The summed E-state index contributed by atoms with van der Waals surface area (Å²) in [4.78, 5) is 22.9. The number of likely N-dealkylation sites (tertiary alicyclic amines) is 1. The second kappa shape index (κ2) is 8.21. The normalized spacial score (nSPS) is 25.2. The number of nitrogens with one attached hydrogen (secondary N) is 1.